The molecule has 0 aliphatic carbocycles. The van der Waals surface area contributed by atoms with Crippen LogP contribution in [0.25, 0.3) is 0 Å². The van der Waals surface area contributed by atoms with E-state index < -0.39 is 34.8 Å². The Morgan fingerprint density at radius 3 is 1.58 bits per heavy atom. The molecule has 108 valence electrons. The fourth-order valence-electron chi connectivity index (χ4n) is 1.32. The van der Waals surface area contributed by atoms with E-state index in [1.165, 1.54) is 0 Å². The summed E-state index contributed by atoms with van der Waals surface area (Å²) in [5, 5.41) is 2.30. The molecule has 0 radical (unpaired) electrons. The molecule has 19 heavy (non-hydrogen) atoms. The van der Waals surface area contributed by atoms with Gasteiger partial charge in [-0.3, -0.25) is 0 Å². The van der Waals surface area contributed by atoms with Crippen molar-refractivity contribution in [3.8, 4) is 0 Å². The lowest BCUT2D eigenvalue weighted by atomic mass is 9.82. The third-order valence-corrected chi connectivity index (χ3v) is 3.27. The maximum absolute atomic E-state index is 13.4. The summed E-state index contributed by atoms with van der Waals surface area (Å²) in [6.45, 7) is 7.66. The maximum atomic E-state index is 13.4. The van der Waals surface area contributed by atoms with E-state index in [1.807, 2.05) is 27.7 Å². The van der Waals surface area contributed by atoms with Crippen LogP contribution in [0, 0.1) is 40.4 Å². The molecule has 0 aromatic heterocycles. The third-order valence-electron chi connectivity index (χ3n) is 3.27. The first kappa shape index (κ1) is 15.7. The number of nitrogens with one attached hydrogen (secondary N) is 1. The molecular weight excluding hydrogens is 265 g/mol. The van der Waals surface area contributed by atoms with Crippen LogP contribution in [-0.4, -0.2) is 6.54 Å². The van der Waals surface area contributed by atoms with Gasteiger partial charge in [-0.05, 0) is 11.3 Å². The van der Waals surface area contributed by atoms with Gasteiger partial charge in [-0.25, -0.2) is 22.0 Å². The third kappa shape index (κ3) is 3.16. The van der Waals surface area contributed by atoms with Crippen LogP contribution in [0.5, 0.6) is 0 Å². The molecule has 0 aliphatic rings. The van der Waals surface area contributed by atoms with E-state index >= 15 is 0 Å². The number of hydrogen-bond donors (Lipinski definition) is 1. The number of halogens is 5. The number of rotatable bonds is 3. The Morgan fingerprint density at radius 1 is 0.842 bits per heavy atom. The van der Waals surface area contributed by atoms with Crippen molar-refractivity contribution < 1.29 is 22.0 Å². The summed E-state index contributed by atoms with van der Waals surface area (Å²) in [6, 6.07) is 0. The first-order valence-corrected chi connectivity index (χ1v) is 5.82. The Balaban J connectivity index is 3.03. The van der Waals surface area contributed by atoms with Crippen LogP contribution < -0.4 is 5.32 Å². The second-order valence-electron chi connectivity index (χ2n) is 5.59. The molecule has 1 unspecified atom stereocenters. The summed E-state index contributed by atoms with van der Waals surface area (Å²) < 4.78 is 65.5. The lowest BCUT2D eigenvalue weighted by Gasteiger charge is -2.27. The van der Waals surface area contributed by atoms with Crippen molar-refractivity contribution in [3.63, 3.8) is 0 Å². The molecule has 1 aromatic rings. The first-order chi connectivity index (χ1) is 8.57. The molecule has 1 aromatic carbocycles. The van der Waals surface area contributed by atoms with Gasteiger partial charge in [0.2, 0.25) is 5.82 Å². The molecule has 0 fully saturated rings. The molecular formula is C13H16F5N. The minimum Gasteiger partial charge on any atom is -0.380 e. The van der Waals surface area contributed by atoms with Crippen molar-refractivity contribution in [2.75, 3.05) is 11.9 Å². The highest BCUT2D eigenvalue weighted by molar-refractivity contribution is 5.47. The topological polar surface area (TPSA) is 12.0 Å². The summed E-state index contributed by atoms with van der Waals surface area (Å²) in [7, 11) is 0. The van der Waals surface area contributed by atoms with Crippen LogP contribution in [0.1, 0.15) is 27.7 Å². The SMILES string of the molecule is CC(CNc1c(F)c(F)c(F)c(F)c1F)C(C)(C)C. The quantitative estimate of drug-likeness (QED) is 0.489. The van der Waals surface area contributed by atoms with Crippen molar-refractivity contribution in [2.24, 2.45) is 11.3 Å². The number of hydrogen-bond acceptors (Lipinski definition) is 1. The van der Waals surface area contributed by atoms with Crippen molar-refractivity contribution in [2.45, 2.75) is 27.7 Å². The predicted molar refractivity (Wildman–Crippen MR) is 63.3 cm³/mol. The molecule has 0 spiro atoms. The summed E-state index contributed by atoms with van der Waals surface area (Å²) >= 11 is 0. The van der Waals surface area contributed by atoms with Crippen LogP contribution in [0.15, 0.2) is 0 Å². The second kappa shape index (κ2) is 5.35. The molecule has 1 rings (SSSR count). The standard InChI is InChI=1S/C13H16F5N/c1-6(13(2,3)4)5-19-12-10(17)8(15)7(14)9(16)11(12)18/h6,19H,5H2,1-4H3. The molecule has 1 atom stereocenters. The van der Waals surface area contributed by atoms with E-state index in [4.69, 9.17) is 0 Å². The van der Waals surface area contributed by atoms with Crippen LogP contribution in [0.4, 0.5) is 27.6 Å². The van der Waals surface area contributed by atoms with Gasteiger partial charge in [0.1, 0.15) is 5.69 Å². The summed E-state index contributed by atoms with van der Waals surface area (Å²) in [4.78, 5) is 0. The van der Waals surface area contributed by atoms with E-state index in [0.29, 0.717) is 0 Å². The fraction of sp³-hybridized carbons (Fsp3) is 0.538. The highest BCUT2D eigenvalue weighted by Gasteiger charge is 2.27. The average Bonchev–Trinajstić information content (AvgIpc) is 2.32. The molecule has 1 nitrogen and oxygen atoms in total. The molecule has 6 heteroatoms. The predicted octanol–water partition coefficient (Wildman–Crippen LogP) is 4.48. The zero-order chi connectivity index (χ0) is 15.0. The van der Waals surface area contributed by atoms with Gasteiger partial charge in [0.05, 0.1) is 0 Å². The van der Waals surface area contributed by atoms with E-state index in [2.05, 4.69) is 5.32 Å². The molecule has 0 heterocycles. The number of anilines is 1. The van der Waals surface area contributed by atoms with Crippen molar-refractivity contribution in [3.05, 3.63) is 29.1 Å². The fourth-order valence-corrected chi connectivity index (χ4v) is 1.32. The summed E-state index contributed by atoms with van der Waals surface area (Å²) in [5.41, 5.74) is -1.13. The van der Waals surface area contributed by atoms with Gasteiger partial charge in [-0.1, -0.05) is 27.7 Å². The zero-order valence-corrected chi connectivity index (χ0v) is 11.2. The van der Waals surface area contributed by atoms with Gasteiger partial charge < -0.3 is 5.32 Å². The summed E-state index contributed by atoms with van der Waals surface area (Å²) in [5.74, 6) is -9.73. The lowest BCUT2D eigenvalue weighted by molar-refractivity contribution is 0.274. The molecule has 0 saturated carbocycles. The monoisotopic (exact) mass is 281 g/mol. The van der Waals surface area contributed by atoms with Gasteiger partial charge in [0.25, 0.3) is 0 Å². The van der Waals surface area contributed by atoms with Gasteiger partial charge in [-0.2, -0.15) is 0 Å². The maximum Gasteiger partial charge on any atom is 0.200 e. The van der Waals surface area contributed by atoms with E-state index in [1.54, 1.807) is 0 Å². The average molecular weight is 281 g/mol. The Hall–Kier alpha value is -1.33. The molecule has 1 N–H and O–H groups in total. The smallest absolute Gasteiger partial charge is 0.200 e. The van der Waals surface area contributed by atoms with Crippen LogP contribution in [0.2, 0.25) is 0 Å². The Morgan fingerprint density at radius 2 is 1.21 bits per heavy atom. The Labute approximate surface area is 108 Å². The Bertz CT molecular complexity index is 450. The van der Waals surface area contributed by atoms with Crippen LogP contribution >= 0.6 is 0 Å². The van der Waals surface area contributed by atoms with Gasteiger partial charge >= 0.3 is 0 Å². The highest BCUT2D eigenvalue weighted by atomic mass is 19.2. The molecule has 0 bridgehead atoms. The zero-order valence-electron chi connectivity index (χ0n) is 11.2. The molecule has 0 amide bonds. The van der Waals surface area contributed by atoms with E-state index in [0.717, 1.165) is 0 Å². The lowest BCUT2D eigenvalue weighted by Crippen LogP contribution is -2.25. The molecule has 0 aliphatic heterocycles. The van der Waals surface area contributed by atoms with Crippen molar-refractivity contribution in [1.29, 1.82) is 0 Å². The van der Waals surface area contributed by atoms with Crippen molar-refractivity contribution >= 4 is 5.69 Å². The van der Waals surface area contributed by atoms with E-state index in [9.17, 15) is 22.0 Å². The highest BCUT2D eigenvalue weighted by Crippen LogP contribution is 2.29. The summed E-state index contributed by atoms with van der Waals surface area (Å²) in [6.07, 6.45) is 0. The van der Waals surface area contributed by atoms with Crippen molar-refractivity contribution in [1.82, 2.24) is 0 Å². The van der Waals surface area contributed by atoms with Crippen LogP contribution in [0.3, 0.4) is 0 Å². The van der Waals surface area contributed by atoms with E-state index in [-0.39, 0.29) is 17.9 Å². The minimum absolute atomic E-state index is 0.0255. The Kier molecular flexibility index (Phi) is 4.43. The first-order valence-electron chi connectivity index (χ1n) is 5.82. The second-order valence-corrected chi connectivity index (χ2v) is 5.59. The minimum atomic E-state index is -2.15. The van der Waals surface area contributed by atoms with Crippen LogP contribution in [-0.2, 0) is 0 Å². The van der Waals surface area contributed by atoms with Gasteiger partial charge in [0, 0.05) is 6.54 Å². The molecule has 0 saturated heterocycles. The van der Waals surface area contributed by atoms with Gasteiger partial charge in [0.15, 0.2) is 23.3 Å². The van der Waals surface area contributed by atoms with Gasteiger partial charge in [-0.15, -0.1) is 0 Å². The largest absolute Gasteiger partial charge is 0.380 e. The normalized spacial score (nSPS) is 13.5. The number of benzene rings is 1.